The van der Waals surface area contributed by atoms with E-state index >= 15 is 0 Å². The lowest BCUT2D eigenvalue weighted by Crippen LogP contribution is -2.33. The molecule has 6 heteroatoms. The molecule has 120 valence electrons. The number of nitrogens with zero attached hydrogens (tertiary/aromatic N) is 2. The monoisotopic (exact) mass is 313 g/mol. The van der Waals surface area contributed by atoms with Gasteiger partial charge in [0.1, 0.15) is 11.6 Å². The normalized spacial score (nSPS) is 15.8. The molecule has 23 heavy (non-hydrogen) atoms. The number of carboxylic acids is 1. The zero-order valence-corrected chi connectivity index (χ0v) is 13.0. The van der Waals surface area contributed by atoms with Crippen molar-refractivity contribution in [1.29, 1.82) is 5.26 Å². The van der Waals surface area contributed by atoms with Gasteiger partial charge in [-0.25, -0.2) is 0 Å². The molecule has 1 amide bonds. The smallest absolute Gasteiger partial charge is 0.306 e. The summed E-state index contributed by atoms with van der Waals surface area (Å²) < 4.78 is 0. The van der Waals surface area contributed by atoms with Gasteiger partial charge in [-0.2, -0.15) is 5.26 Å². The number of carboxylic acid groups (broad SMARTS) is 1. The molecule has 0 unspecified atom stereocenters. The van der Waals surface area contributed by atoms with Gasteiger partial charge in [-0.1, -0.05) is 12.1 Å². The fourth-order valence-electron chi connectivity index (χ4n) is 2.52. The number of carbonyl (C=O) groups is 2. The number of nitriles is 1. The number of aliphatic carboxylic acids is 1. The van der Waals surface area contributed by atoms with E-state index < -0.39 is 11.9 Å². The first kappa shape index (κ1) is 16.6. The number of piperidine rings is 1. The lowest BCUT2D eigenvalue weighted by atomic mass is 9.97. The summed E-state index contributed by atoms with van der Waals surface area (Å²) in [6.45, 7) is 2.98. The number of aryl methyl sites for hydroxylation is 1. The molecule has 1 fully saturated rings. The Balaban J connectivity index is 2.00. The summed E-state index contributed by atoms with van der Waals surface area (Å²) in [5.74, 6) is -1.59. The number of nitrogens with one attached hydrogen (secondary N) is 1. The van der Waals surface area contributed by atoms with E-state index in [9.17, 15) is 14.9 Å². The molecule has 0 aliphatic carbocycles. The largest absolute Gasteiger partial charge is 0.481 e. The Morgan fingerprint density at radius 3 is 2.65 bits per heavy atom. The minimum atomic E-state index is -0.786. The number of anilines is 1. The fraction of sp³-hybridized carbons (Fsp3) is 0.353. The second-order valence-electron chi connectivity index (χ2n) is 5.63. The highest BCUT2D eigenvalue weighted by molar-refractivity contribution is 6.06. The van der Waals surface area contributed by atoms with Crippen molar-refractivity contribution in [2.45, 2.75) is 19.8 Å². The maximum atomic E-state index is 12.2. The first-order valence-corrected chi connectivity index (χ1v) is 7.46. The van der Waals surface area contributed by atoms with E-state index in [0.29, 0.717) is 31.6 Å². The average Bonchev–Trinajstić information content (AvgIpc) is 2.53. The molecule has 1 heterocycles. The summed E-state index contributed by atoms with van der Waals surface area (Å²) >= 11 is 0. The van der Waals surface area contributed by atoms with Gasteiger partial charge in [0, 0.05) is 25.0 Å². The van der Waals surface area contributed by atoms with E-state index in [4.69, 9.17) is 5.11 Å². The number of hydrogen-bond donors (Lipinski definition) is 2. The SMILES string of the molecule is Cc1cccc(NC(=O)/C(C#N)=C\N2CCC(C(=O)O)CC2)c1. The Labute approximate surface area is 135 Å². The van der Waals surface area contributed by atoms with E-state index in [1.165, 1.54) is 6.20 Å². The third kappa shape index (κ3) is 4.58. The standard InChI is InChI=1S/C17H19N3O3/c1-12-3-2-4-15(9-12)19-16(21)14(10-18)11-20-7-5-13(6-8-20)17(22)23/h2-4,9,11,13H,5-8H2,1H3,(H,19,21)(H,22,23)/b14-11-. The quantitative estimate of drug-likeness (QED) is 0.656. The van der Waals surface area contributed by atoms with E-state index in [-0.39, 0.29) is 11.5 Å². The topological polar surface area (TPSA) is 93.4 Å². The van der Waals surface area contributed by atoms with Crippen LogP contribution in [0.2, 0.25) is 0 Å². The molecule has 1 aliphatic rings. The zero-order chi connectivity index (χ0) is 16.8. The second-order valence-corrected chi connectivity index (χ2v) is 5.63. The molecule has 0 aromatic heterocycles. The summed E-state index contributed by atoms with van der Waals surface area (Å²) in [5.41, 5.74) is 1.67. The molecule has 1 aromatic carbocycles. The van der Waals surface area contributed by atoms with Gasteiger partial charge < -0.3 is 15.3 Å². The van der Waals surface area contributed by atoms with Gasteiger partial charge in [0.05, 0.1) is 5.92 Å². The van der Waals surface area contributed by atoms with Gasteiger partial charge in [0.25, 0.3) is 5.91 Å². The second kappa shape index (κ2) is 7.45. The van der Waals surface area contributed by atoms with Crippen molar-refractivity contribution in [3.63, 3.8) is 0 Å². The number of benzene rings is 1. The molecule has 0 radical (unpaired) electrons. The Hall–Kier alpha value is -2.81. The third-order valence-electron chi connectivity index (χ3n) is 3.83. The van der Waals surface area contributed by atoms with Crippen molar-refractivity contribution >= 4 is 17.6 Å². The number of carbonyl (C=O) groups excluding carboxylic acids is 1. The maximum absolute atomic E-state index is 12.2. The zero-order valence-electron chi connectivity index (χ0n) is 13.0. The van der Waals surface area contributed by atoms with E-state index in [1.54, 1.807) is 6.07 Å². The van der Waals surface area contributed by atoms with Gasteiger partial charge in [0.2, 0.25) is 0 Å². The van der Waals surface area contributed by atoms with Crippen LogP contribution in [0.3, 0.4) is 0 Å². The minimum absolute atomic E-state index is 0.0141. The number of likely N-dealkylation sites (tertiary alicyclic amines) is 1. The summed E-state index contributed by atoms with van der Waals surface area (Å²) in [5, 5.41) is 20.9. The highest BCUT2D eigenvalue weighted by Gasteiger charge is 2.24. The van der Waals surface area contributed by atoms with Crippen LogP contribution < -0.4 is 5.32 Å². The molecule has 1 aromatic rings. The molecule has 1 aliphatic heterocycles. The average molecular weight is 313 g/mol. The summed E-state index contributed by atoms with van der Waals surface area (Å²) in [7, 11) is 0. The Morgan fingerprint density at radius 1 is 1.39 bits per heavy atom. The molecule has 0 bridgehead atoms. The van der Waals surface area contributed by atoms with Crippen molar-refractivity contribution in [2.75, 3.05) is 18.4 Å². The van der Waals surface area contributed by atoms with E-state index in [2.05, 4.69) is 5.32 Å². The van der Waals surface area contributed by atoms with E-state index in [1.807, 2.05) is 36.1 Å². The first-order chi connectivity index (χ1) is 11.0. The van der Waals surface area contributed by atoms with Crippen molar-refractivity contribution in [2.24, 2.45) is 5.92 Å². The Morgan fingerprint density at radius 2 is 2.09 bits per heavy atom. The van der Waals surface area contributed by atoms with Crippen LogP contribution in [-0.4, -0.2) is 35.0 Å². The van der Waals surface area contributed by atoms with Crippen LogP contribution in [-0.2, 0) is 9.59 Å². The van der Waals surface area contributed by atoms with Gasteiger partial charge in [-0.05, 0) is 37.5 Å². The summed E-state index contributed by atoms with van der Waals surface area (Å²) in [6, 6.07) is 9.25. The van der Waals surface area contributed by atoms with Crippen LogP contribution in [0.5, 0.6) is 0 Å². The van der Waals surface area contributed by atoms with Crippen LogP contribution in [0.15, 0.2) is 36.0 Å². The first-order valence-electron chi connectivity index (χ1n) is 7.46. The third-order valence-corrected chi connectivity index (χ3v) is 3.83. The number of hydrogen-bond acceptors (Lipinski definition) is 4. The Kier molecular flexibility index (Phi) is 5.36. The number of rotatable bonds is 4. The highest BCUT2D eigenvalue weighted by Crippen LogP contribution is 2.18. The van der Waals surface area contributed by atoms with Crippen LogP contribution in [0, 0.1) is 24.2 Å². The molecular formula is C17H19N3O3. The molecule has 0 saturated carbocycles. The molecule has 1 saturated heterocycles. The highest BCUT2D eigenvalue weighted by atomic mass is 16.4. The molecule has 2 rings (SSSR count). The van der Waals surface area contributed by atoms with E-state index in [0.717, 1.165) is 5.56 Å². The predicted octanol–water partition coefficient (Wildman–Crippen LogP) is 2.14. The molecule has 2 N–H and O–H groups in total. The van der Waals surface area contributed by atoms with Crippen LogP contribution in [0.1, 0.15) is 18.4 Å². The van der Waals surface area contributed by atoms with Crippen LogP contribution in [0.25, 0.3) is 0 Å². The fourth-order valence-corrected chi connectivity index (χ4v) is 2.52. The van der Waals surface area contributed by atoms with Crippen molar-refractivity contribution in [3.05, 3.63) is 41.6 Å². The minimum Gasteiger partial charge on any atom is -0.481 e. The van der Waals surface area contributed by atoms with Crippen LogP contribution in [0.4, 0.5) is 5.69 Å². The van der Waals surface area contributed by atoms with Gasteiger partial charge in [-0.3, -0.25) is 9.59 Å². The molecular weight excluding hydrogens is 294 g/mol. The van der Waals surface area contributed by atoms with Gasteiger partial charge in [0.15, 0.2) is 0 Å². The lowest BCUT2D eigenvalue weighted by Gasteiger charge is -2.29. The summed E-state index contributed by atoms with van der Waals surface area (Å²) in [6.07, 6.45) is 2.55. The van der Waals surface area contributed by atoms with Gasteiger partial charge in [-0.15, -0.1) is 0 Å². The van der Waals surface area contributed by atoms with Crippen LogP contribution >= 0.6 is 0 Å². The van der Waals surface area contributed by atoms with Gasteiger partial charge >= 0.3 is 5.97 Å². The van der Waals surface area contributed by atoms with Crippen molar-refractivity contribution in [3.8, 4) is 6.07 Å². The molecule has 6 nitrogen and oxygen atoms in total. The number of amides is 1. The molecule has 0 spiro atoms. The predicted molar refractivity (Wildman–Crippen MR) is 85.4 cm³/mol. The summed E-state index contributed by atoms with van der Waals surface area (Å²) in [4.78, 5) is 24.9. The van der Waals surface area contributed by atoms with Crippen molar-refractivity contribution in [1.82, 2.24) is 4.90 Å². The molecule has 0 atom stereocenters. The Bertz CT molecular complexity index is 668. The maximum Gasteiger partial charge on any atom is 0.306 e. The van der Waals surface area contributed by atoms with Crippen molar-refractivity contribution < 1.29 is 14.7 Å². The lowest BCUT2D eigenvalue weighted by molar-refractivity contribution is -0.143.